The smallest absolute Gasteiger partial charge is 0.336 e. The molecule has 0 amide bonds. The Kier molecular flexibility index (Phi) is 1.78. The number of phenols is 1. The first-order valence-corrected chi connectivity index (χ1v) is 3.81. The van der Waals surface area contributed by atoms with Crippen LogP contribution in [0, 0.1) is 4.91 Å². The van der Waals surface area contributed by atoms with Gasteiger partial charge in [0.2, 0.25) is 0 Å². The van der Waals surface area contributed by atoms with Gasteiger partial charge in [0.15, 0.2) is 11.3 Å². The minimum Gasteiger partial charge on any atom is -0.504 e. The van der Waals surface area contributed by atoms with Gasteiger partial charge in [-0.15, -0.1) is 4.91 Å². The lowest BCUT2D eigenvalue weighted by Crippen LogP contribution is -1.94. The Morgan fingerprint density at radius 2 is 2.00 bits per heavy atom. The number of nitrogens with zero attached hydrogens (tertiary/aromatic N) is 1. The Balaban J connectivity index is 2.98. The minimum atomic E-state index is -0.587. The van der Waals surface area contributed by atoms with E-state index in [1.807, 2.05) is 0 Å². The number of nitroso groups, excluding NO2 is 1. The summed E-state index contributed by atoms with van der Waals surface area (Å²) in [6.07, 6.45) is 0. The Morgan fingerprint density at radius 1 is 1.21 bits per heavy atom. The highest BCUT2D eigenvalue weighted by Gasteiger charge is 2.07. The molecule has 70 valence electrons. The van der Waals surface area contributed by atoms with Crippen LogP contribution in [0.15, 0.2) is 38.7 Å². The van der Waals surface area contributed by atoms with Gasteiger partial charge in [-0.25, -0.2) is 4.79 Å². The molecule has 0 aliphatic rings. The quantitative estimate of drug-likeness (QED) is 0.551. The standard InChI is InChI=1S/C9H5NO4/c11-7-3-2-6(10-13)5-1-4-8(12)14-9(5)7/h1-4,11H. The van der Waals surface area contributed by atoms with E-state index in [0.717, 1.165) is 6.07 Å². The van der Waals surface area contributed by atoms with Crippen molar-refractivity contribution in [3.63, 3.8) is 0 Å². The molecule has 0 aliphatic heterocycles. The Bertz CT molecular complexity index is 558. The maximum absolute atomic E-state index is 10.8. The summed E-state index contributed by atoms with van der Waals surface area (Å²) in [4.78, 5) is 21.2. The van der Waals surface area contributed by atoms with Crippen molar-refractivity contribution < 1.29 is 9.52 Å². The molecule has 0 fully saturated rings. The summed E-state index contributed by atoms with van der Waals surface area (Å²) in [6, 6.07) is 5.15. The Hall–Kier alpha value is -2.17. The molecular formula is C9H5NO4. The Labute approximate surface area is 77.6 Å². The molecule has 0 radical (unpaired) electrons. The largest absolute Gasteiger partial charge is 0.504 e. The predicted molar refractivity (Wildman–Crippen MR) is 49.6 cm³/mol. The van der Waals surface area contributed by atoms with E-state index in [9.17, 15) is 14.8 Å². The van der Waals surface area contributed by atoms with Crippen LogP contribution in [0.2, 0.25) is 0 Å². The zero-order chi connectivity index (χ0) is 10.1. The molecule has 5 heteroatoms. The monoisotopic (exact) mass is 191 g/mol. The third-order valence-electron chi connectivity index (χ3n) is 1.84. The van der Waals surface area contributed by atoms with Crippen LogP contribution in [0.25, 0.3) is 11.0 Å². The zero-order valence-electron chi connectivity index (χ0n) is 6.93. The summed E-state index contributed by atoms with van der Waals surface area (Å²) < 4.78 is 4.73. The van der Waals surface area contributed by atoms with Crippen molar-refractivity contribution in [2.75, 3.05) is 0 Å². The van der Waals surface area contributed by atoms with Gasteiger partial charge in [-0.2, -0.15) is 0 Å². The number of benzene rings is 1. The molecular weight excluding hydrogens is 186 g/mol. The number of fused-ring (bicyclic) bond motifs is 1. The number of rotatable bonds is 1. The van der Waals surface area contributed by atoms with E-state index in [4.69, 9.17) is 4.42 Å². The first-order valence-electron chi connectivity index (χ1n) is 3.81. The molecule has 14 heavy (non-hydrogen) atoms. The van der Waals surface area contributed by atoms with Crippen LogP contribution in [0.1, 0.15) is 0 Å². The van der Waals surface area contributed by atoms with Gasteiger partial charge in [0.1, 0.15) is 5.69 Å². The molecule has 0 spiro atoms. The first kappa shape index (κ1) is 8.43. The molecule has 0 bridgehead atoms. The molecule has 2 aromatic rings. The van der Waals surface area contributed by atoms with Gasteiger partial charge in [0.25, 0.3) is 0 Å². The highest BCUT2D eigenvalue weighted by molar-refractivity contribution is 5.92. The molecule has 0 saturated carbocycles. The molecule has 1 aromatic heterocycles. The van der Waals surface area contributed by atoms with Gasteiger partial charge >= 0.3 is 5.63 Å². The second kappa shape index (κ2) is 2.95. The van der Waals surface area contributed by atoms with Gasteiger partial charge < -0.3 is 9.52 Å². The molecule has 0 unspecified atom stereocenters. The number of hydrogen-bond donors (Lipinski definition) is 1. The van der Waals surface area contributed by atoms with Crippen LogP contribution in [0.3, 0.4) is 0 Å². The summed E-state index contributed by atoms with van der Waals surface area (Å²) in [6.45, 7) is 0. The maximum atomic E-state index is 10.8. The number of phenolic OH excluding ortho intramolecular Hbond substituents is 1. The molecule has 1 heterocycles. The molecule has 5 nitrogen and oxygen atoms in total. The van der Waals surface area contributed by atoms with Crippen LogP contribution in [0.5, 0.6) is 5.75 Å². The van der Waals surface area contributed by atoms with E-state index in [1.54, 1.807) is 0 Å². The fourth-order valence-corrected chi connectivity index (χ4v) is 1.21. The minimum absolute atomic E-state index is 0.0189. The van der Waals surface area contributed by atoms with E-state index >= 15 is 0 Å². The summed E-state index contributed by atoms with van der Waals surface area (Å²) in [5.74, 6) is -0.190. The SMILES string of the molecule is O=Nc1ccc(O)c2oc(=O)ccc12. The fourth-order valence-electron chi connectivity index (χ4n) is 1.21. The molecule has 2 rings (SSSR count). The third-order valence-corrected chi connectivity index (χ3v) is 1.84. The zero-order valence-corrected chi connectivity index (χ0v) is 6.93. The fraction of sp³-hybridized carbons (Fsp3) is 0. The van der Waals surface area contributed by atoms with Crippen molar-refractivity contribution in [1.29, 1.82) is 0 Å². The van der Waals surface area contributed by atoms with Crippen LogP contribution in [-0.4, -0.2) is 5.11 Å². The summed E-state index contributed by atoms with van der Waals surface area (Å²) in [5.41, 5.74) is -0.480. The normalized spacial score (nSPS) is 10.3. The van der Waals surface area contributed by atoms with Crippen molar-refractivity contribution in [3.05, 3.63) is 39.6 Å². The second-order valence-corrected chi connectivity index (χ2v) is 2.69. The average Bonchev–Trinajstić information content (AvgIpc) is 2.19. The number of hydrogen-bond acceptors (Lipinski definition) is 5. The molecule has 0 aliphatic carbocycles. The van der Waals surface area contributed by atoms with Gasteiger partial charge in [-0.1, -0.05) is 0 Å². The maximum Gasteiger partial charge on any atom is 0.336 e. The topological polar surface area (TPSA) is 79.9 Å². The van der Waals surface area contributed by atoms with E-state index < -0.39 is 5.63 Å². The van der Waals surface area contributed by atoms with Crippen LogP contribution in [0.4, 0.5) is 5.69 Å². The molecule has 1 N–H and O–H groups in total. The molecule has 0 saturated heterocycles. The van der Waals surface area contributed by atoms with Crippen LogP contribution < -0.4 is 5.63 Å². The van der Waals surface area contributed by atoms with Crippen molar-refractivity contribution in [2.24, 2.45) is 5.18 Å². The highest BCUT2D eigenvalue weighted by atomic mass is 16.4. The van der Waals surface area contributed by atoms with Crippen LogP contribution in [-0.2, 0) is 0 Å². The van der Waals surface area contributed by atoms with Crippen molar-refractivity contribution in [3.8, 4) is 5.75 Å². The van der Waals surface area contributed by atoms with Gasteiger partial charge in [-0.05, 0) is 23.4 Å². The van der Waals surface area contributed by atoms with Gasteiger partial charge in [0, 0.05) is 6.07 Å². The predicted octanol–water partition coefficient (Wildman–Crippen LogP) is 1.90. The van der Waals surface area contributed by atoms with Crippen molar-refractivity contribution in [2.45, 2.75) is 0 Å². The van der Waals surface area contributed by atoms with E-state index in [0.29, 0.717) is 5.39 Å². The average molecular weight is 191 g/mol. The van der Waals surface area contributed by atoms with Crippen molar-refractivity contribution in [1.82, 2.24) is 0 Å². The van der Waals surface area contributed by atoms with E-state index in [-0.39, 0.29) is 17.0 Å². The van der Waals surface area contributed by atoms with E-state index in [1.165, 1.54) is 18.2 Å². The van der Waals surface area contributed by atoms with Crippen molar-refractivity contribution >= 4 is 16.7 Å². The lowest BCUT2D eigenvalue weighted by atomic mass is 10.2. The Morgan fingerprint density at radius 3 is 2.71 bits per heavy atom. The highest BCUT2D eigenvalue weighted by Crippen LogP contribution is 2.30. The second-order valence-electron chi connectivity index (χ2n) is 2.69. The van der Waals surface area contributed by atoms with Gasteiger partial charge in [0.05, 0.1) is 5.39 Å². The lowest BCUT2D eigenvalue weighted by Gasteiger charge is -1.99. The van der Waals surface area contributed by atoms with E-state index in [2.05, 4.69) is 5.18 Å². The number of aromatic hydroxyl groups is 1. The summed E-state index contributed by atoms with van der Waals surface area (Å²) >= 11 is 0. The molecule has 0 atom stereocenters. The summed E-state index contributed by atoms with van der Waals surface area (Å²) in [5, 5.41) is 12.4. The summed E-state index contributed by atoms with van der Waals surface area (Å²) in [7, 11) is 0. The first-order chi connectivity index (χ1) is 6.72. The third kappa shape index (κ3) is 1.15. The molecule has 1 aromatic carbocycles. The lowest BCUT2D eigenvalue weighted by molar-refractivity contribution is 0.457. The van der Waals surface area contributed by atoms with Crippen LogP contribution >= 0.6 is 0 Å². The van der Waals surface area contributed by atoms with Gasteiger partial charge in [-0.3, -0.25) is 0 Å².